The van der Waals surface area contributed by atoms with Crippen LogP contribution in [0.3, 0.4) is 0 Å². The highest BCUT2D eigenvalue weighted by Crippen LogP contribution is 2.35. The molecule has 0 saturated carbocycles. The number of amides is 2. The number of nitrogens with zero attached hydrogens (tertiary/aromatic N) is 3. The van der Waals surface area contributed by atoms with Gasteiger partial charge in [-0.2, -0.15) is 0 Å². The van der Waals surface area contributed by atoms with Crippen LogP contribution < -0.4 is 24.3 Å². The van der Waals surface area contributed by atoms with Gasteiger partial charge in [-0.15, -0.1) is 0 Å². The number of ether oxygens (including phenoxy) is 4. The first kappa shape index (κ1) is 29.7. The molecule has 1 unspecified atom stereocenters. The van der Waals surface area contributed by atoms with E-state index in [1.165, 1.54) is 11.8 Å². The molecule has 1 aliphatic rings. The van der Waals surface area contributed by atoms with E-state index < -0.39 is 11.9 Å². The van der Waals surface area contributed by atoms with Crippen molar-refractivity contribution in [3.05, 3.63) is 95.3 Å². The van der Waals surface area contributed by atoms with Crippen LogP contribution in [0.4, 0.5) is 5.69 Å². The Balaban J connectivity index is 1.49. The summed E-state index contributed by atoms with van der Waals surface area (Å²) in [5.41, 5.74) is 3.60. The van der Waals surface area contributed by atoms with Gasteiger partial charge in [0.15, 0.2) is 16.7 Å². The third kappa shape index (κ3) is 7.36. The second kappa shape index (κ2) is 13.5. The van der Waals surface area contributed by atoms with Crippen LogP contribution in [-0.2, 0) is 16.1 Å². The lowest BCUT2D eigenvalue weighted by Crippen LogP contribution is -2.41. The van der Waals surface area contributed by atoms with Gasteiger partial charge in [0.25, 0.3) is 5.91 Å². The van der Waals surface area contributed by atoms with Gasteiger partial charge in [0.1, 0.15) is 17.5 Å². The molecule has 1 aromatic heterocycles. The SMILES string of the molecule is COc1ccc(CN(C(=O)CSc2nc(C)cc(C)n2)C(C(=O)Nc2ccc3c(c2)OCO3)c2ccc(OC)cc2)cc1. The van der Waals surface area contributed by atoms with Crippen LogP contribution in [-0.4, -0.2) is 53.4 Å². The number of aromatic nitrogens is 2. The fraction of sp³-hybridized carbons (Fsp3) is 0.250. The molecule has 4 aromatic rings. The van der Waals surface area contributed by atoms with E-state index in [1.807, 2.05) is 44.2 Å². The average Bonchev–Trinajstić information content (AvgIpc) is 3.48. The fourth-order valence-corrected chi connectivity index (χ4v) is 5.50. The molecule has 5 rings (SSSR count). The molecule has 2 heterocycles. The molecule has 11 heteroatoms. The minimum absolute atomic E-state index is 0.0308. The predicted molar refractivity (Wildman–Crippen MR) is 163 cm³/mol. The van der Waals surface area contributed by atoms with Gasteiger partial charge in [-0.05, 0) is 67.4 Å². The van der Waals surface area contributed by atoms with E-state index in [-0.39, 0.29) is 25.0 Å². The Hall–Kier alpha value is -4.77. The second-order valence-corrected chi connectivity index (χ2v) is 10.8. The van der Waals surface area contributed by atoms with E-state index in [0.29, 0.717) is 39.4 Å². The van der Waals surface area contributed by atoms with Crippen molar-refractivity contribution in [1.82, 2.24) is 14.9 Å². The van der Waals surface area contributed by atoms with Gasteiger partial charge in [0, 0.05) is 29.7 Å². The quantitative estimate of drug-likeness (QED) is 0.180. The molecule has 1 N–H and O–H groups in total. The van der Waals surface area contributed by atoms with Crippen molar-refractivity contribution in [2.75, 3.05) is 32.1 Å². The Morgan fingerprint density at radius 1 is 0.884 bits per heavy atom. The number of methoxy groups -OCH3 is 2. The molecule has 3 aromatic carbocycles. The number of thioether (sulfide) groups is 1. The zero-order valence-corrected chi connectivity index (χ0v) is 25.1. The Morgan fingerprint density at radius 2 is 1.51 bits per heavy atom. The first-order chi connectivity index (χ1) is 20.8. The zero-order chi connectivity index (χ0) is 30.3. The number of carbonyl (C=O) groups excluding carboxylic acids is 2. The van der Waals surface area contributed by atoms with Crippen LogP contribution in [0, 0.1) is 13.8 Å². The molecule has 1 aliphatic heterocycles. The van der Waals surface area contributed by atoms with Crippen molar-refractivity contribution in [3.63, 3.8) is 0 Å². The van der Waals surface area contributed by atoms with Crippen molar-refractivity contribution >= 4 is 29.3 Å². The van der Waals surface area contributed by atoms with Crippen molar-refractivity contribution in [1.29, 1.82) is 0 Å². The van der Waals surface area contributed by atoms with Crippen LogP contribution >= 0.6 is 11.8 Å². The van der Waals surface area contributed by atoms with Crippen LogP contribution in [0.1, 0.15) is 28.6 Å². The highest BCUT2D eigenvalue weighted by Gasteiger charge is 2.32. The molecule has 10 nitrogen and oxygen atoms in total. The maximum absolute atomic E-state index is 14.1. The summed E-state index contributed by atoms with van der Waals surface area (Å²) in [7, 11) is 3.17. The summed E-state index contributed by atoms with van der Waals surface area (Å²) in [6.45, 7) is 4.06. The maximum atomic E-state index is 14.1. The van der Waals surface area contributed by atoms with Crippen molar-refractivity contribution in [2.24, 2.45) is 0 Å². The van der Waals surface area contributed by atoms with Gasteiger partial charge in [0.05, 0.1) is 20.0 Å². The molecular formula is C32H32N4O6S. The Labute approximate surface area is 254 Å². The lowest BCUT2D eigenvalue weighted by atomic mass is 10.0. The third-order valence-electron chi connectivity index (χ3n) is 6.75. The highest BCUT2D eigenvalue weighted by molar-refractivity contribution is 7.99. The first-order valence-electron chi connectivity index (χ1n) is 13.5. The predicted octanol–water partition coefficient (Wildman–Crippen LogP) is 5.34. The van der Waals surface area contributed by atoms with Crippen molar-refractivity contribution < 1.29 is 28.5 Å². The number of hydrogen-bond acceptors (Lipinski definition) is 9. The third-order valence-corrected chi connectivity index (χ3v) is 7.58. The molecule has 0 radical (unpaired) electrons. The van der Waals surface area contributed by atoms with E-state index in [1.54, 1.807) is 61.6 Å². The van der Waals surface area contributed by atoms with Crippen LogP contribution in [0.5, 0.6) is 23.0 Å². The molecule has 43 heavy (non-hydrogen) atoms. The largest absolute Gasteiger partial charge is 0.497 e. The number of hydrogen-bond donors (Lipinski definition) is 1. The van der Waals surface area contributed by atoms with Crippen molar-refractivity contribution in [2.45, 2.75) is 31.6 Å². The summed E-state index contributed by atoms with van der Waals surface area (Å²) in [6.07, 6.45) is 0. The lowest BCUT2D eigenvalue weighted by Gasteiger charge is -2.31. The molecule has 2 amide bonds. The van der Waals surface area contributed by atoms with E-state index in [0.717, 1.165) is 17.0 Å². The van der Waals surface area contributed by atoms with E-state index in [2.05, 4.69) is 15.3 Å². The van der Waals surface area contributed by atoms with Crippen LogP contribution in [0.2, 0.25) is 0 Å². The molecule has 0 bridgehead atoms. The number of rotatable bonds is 11. The molecule has 0 aliphatic carbocycles. The second-order valence-electron chi connectivity index (χ2n) is 9.82. The molecule has 0 saturated heterocycles. The Morgan fingerprint density at radius 3 is 2.16 bits per heavy atom. The maximum Gasteiger partial charge on any atom is 0.251 e. The fourth-order valence-electron chi connectivity index (χ4n) is 4.66. The van der Waals surface area contributed by atoms with Crippen LogP contribution in [0.25, 0.3) is 0 Å². The summed E-state index contributed by atoms with van der Waals surface area (Å²) in [5, 5.41) is 3.48. The smallest absolute Gasteiger partial charge is 0.251 e. The van der Waals surface area contributed by atoms with Crippen molar-refractivity contribution in [3.8, 4) is 23.0 Å². The molecule has 222 valence electrons. The zero-order valence-electron chi connectivity index (χ0n) is 24.3. The van der Waals surface area contributed by atoms with Crippen LogP contribution in [0.15, 0.2) is 78.0 Å². The van der Waals surface area contributed by atoms with Gasteiger partial charge in [-0.25, -0.2) is 9.97 Å². The molecule has 0 spiro atoms. The number of benzene rings is 3. The number of fused-ring (bicyclic) bond motifs is 1. The first-order valence-corrected chi connectivity index (χ1v) is 14.5. The van der Waals surface area contributed by atoms with Gasteiger partial charge < -0.3 is 29.2 Å². The number of carbonyl (C=O) groups is 2. The number of nitrogens with one attached hydrogen (secondary N) is 1. The summed E-state index contributed by atoms with van der Waals surface area (Å²) < 4.78 is 21.5. The van der Waals surface area contributed by atoms with Gasteiger partial charge >= 0.3 is 0 Å². The minimum Gasteiger partial charge on any atom is -0.497 e. The molecule has 1 atom stereocenters. The topological polar surface area (TPSA) is 112 Å². The van der Waals surface area contributed by atoms with Gasteiger partial charge in [-0.3, -0.25) is 9.59 Å². The summed E-state index contributed by atoms with van der Waals surface area (Å²) >= 11 is 1.23. The standard InChI is InChI=1S/C32H32N4O6S/c1-20-15-21(2)34-32(33-20)43-18-29(37)36(17-22-5-10-25(39-3)11-6-22)30(23-7-12-26(40-4)13-8-23)31(38)35-24-9-14-27-28(16-24)42-19-41-27/h5-16,30H,17-19H2,1-4H3,(H,35,38). The molecular weight excluding hydrogens is 568 g/mol. The summed E-state index contributed by atoms with van der Waals surface area (Å²) in [6, 6.07) is 20.6. The number of aryl methyl sites for hydroxylation is 2. The highest BCUT2D eigenvalue weighted by atomic mass is 32.2. The normalized spacial score (nSPS) is 12.4. The monoisotopic (exact) mass is 600 g/mol. The Kier molecular flexibility index (Phi) is 9.31. The average molecular weight is 601 g/mol. The summed E-state index contributed by atoms with van der Waals surface area (Å²) in [4.78, 5) is 38.6. The lowest BCUT2D eigenvalue weighted by molar-refractivity contribution is -0.137. The van der Waals surface area contributed by atoms with E-state index in [4.69, 9.17) is 18.9 Å². The number of anilines is 1. The van der Waals surface area contributed by atoms with Gasteiger partial charge in [0.2, 0.25) is 12.7 Å². The van der Waals surface area contributed by atoms with E-state index in [9.17, 15) is 9.59 Å². The molecule has 0 fully saturated rings. The van der Waals surface area contributed by atoms with E-state index >= 15 is 0 Å². The summed E-state index contributed by atoms with van der Waals surface area (Å²) in [5.74, 6) is 1.85. The minimum atomic E-state index is -0.980. The van der Waals surface area contributed by atoms with Gasteiger partial charge in [-0.1, -0.05) is 36.0 Å². The Bertz CT molecular complexity index is 1580.